The second-order valence-corrected chi connectivity index (χ2v) is 9.36. The Labute approximate surface area is 219 Å². The smallest absolute Gasteiger partial charge is 0.231 e. The highest BCUT2D eigenvalue weighted by atomic mass is 79.9. The maximum absolute atomic E-state index is 13.5. The number of aromatic nitrogens is 3. The molecule has 0 aliphatic carbocycles. The lowest BCUT2D eigenvalue weighted by atomic mass is 9.96. The first kappa shape index (κ1) is 27.7. The van der Waals surface area contributed by atoms with Gasteiger partial charge in [-0.25, -0.2) is 4.98 Å². The molecule has 2 N–H and O–H groups in total. The van der Waals surface area contributed by atoms with E-state index in [0.717, 1.165) is 39.8 Å². The fraction of sp³-hybridized carbons (Fsp3) is 0.409. The number of piperazine rings is 1. The summed E-state index contributed by atoms with van der Waals surface area (Å²) in [4.78, 5) is 22.1. The third kappa shape index (κ3) is 6.31. The lowest BCUT2D eigenvalue weighted by Crippen LogP contribution is -2.51. The first-order chi connectivity index (χ1) is 14.9. The molecule has 0 radical (unpaired) electrons. The topological polar surface area (TPSA) is 77.2 Å². The number of fused-ring (bicyclic) bond motifs is 1. The maximum Gasteiger partial charge on any atom is 0.231 e. The molecule has 33 heavy (non-hydrogen) atoms. The van der Waals surface area contributed by atoms with Crippen molar-refractivity contribution in [1.82, 2.24) is 25.4 Å². The molecule has 1 fully saturated rings. The lowest BCUT2D eigenvalue weighted by molar-refractivity contribution is -0.133. The van der Waals surface area contributed by atoms with Crippen molar-refractivity contribution >= 4 is 75.0 Å². The van der Waals surface area contributed by atoms with Crippen LogP contribution in [0.15, 0.2) is 41.1 Å². The van der Waals surface area contributed by atoms with Crippen LogP contribution in [0.1, 0.15) is 25.3 Å². The zero-order valence-corrected chi connectivity index (χ0v) is 22.4. The van der Waals surface area contributed by atoms with Crippen LogP contribution in [0.3, 0.4) is 0 Å². The van der Waals surface area contributed by atoms with Crippen LogP contribution in [0.25, 0.3) is 11.0 Å². The standard InChI is InChI=1S/C22H26BrClN6O.2ClH/c1-14(2)25-11-17(15-3-5-16(24)6-4-15)22(31)30-9-7-29(8-10-30)20-18-12-27-28-21(18)26-13-19(20)23;;/h3-6,12-14,17,25H,7-11H2,1-2H3,(H,26,27,28);2*1H. The first-order valence-corrected chi connectivity index (χ1v) is 11.6. The maximum atomic E-state index is 13.5. The van der Waals surface area contributed by atoms with E-state index in [1.54, 1.807) is 12.4 Å². The van der Waals surface area contributed by atoms with Gasteiger partial charge in [0.1, 0.15) is 0 Å². The van der Waals surface area contributed by atoms with Gasteiger partial charge in [0.15, 0.2) is 5.65 Å². The molecular formula is C22H28BrCl3N6O. The van der Waals surface area contributed by atoms with Gasteiger partial charge in [0.2, 0.25) is 5.91 Å². The molecule has 1 aromatic carbocycles. The number of benzene rings is 1. The normalized spacial score (nSPS) is 14.7. The van der Waals surface area contributed by atoms with Crippen LogP contribution in [0, 0.1) is 0 Å². The monoisotopic (exact) mass is 576 g/mol. The van der Waals surface area contributed by atoms with Gasteiger partial charge in [-0.05, 0) is 33.6 Å². The number of hydrogen-bond acceptors (Lipinski definition) is 5. The zero-order chi connectivity index (χ0) is 22.0. The van der Waals surface area contributed by atoms with Crippen LogP contribution >= 0.6 is 52.3 Å². The Morgan fingerprint density at radius 1 is 1.15 bits per heavy atom. The molecule has 11 heteroatoms. The molecule has 0 spiro atoms. The lowest BCUT2D eigenvalue weighted by Gasteiger charge is -2.38. The highest BCUT2D eigenvalue weighted by Crippen LogP contribution is 2.33. The molecule has 1 unspecified atom stereocenters. The van der Waals surface area contributed by atoms with E-state index in [-0.39, 0.29) is 36.6 Å². The number of halogens is 4. The van der Waals surface area contributed by atoms with Crippen LogP contribution in [-0.2, 0) is 4.79 Å². The van der Waals surface area contributed by atoms with Crippen LogP contribution in [0.4, 0.5) is 5.69 Å². The molecule has 1 amide bonds. The zero-order valence-electron chi connectivity index (χ0n) is 18.4. The molecule has 0 bridgehead atoms. The Balaban J connectivity index is 0.00000193. The molecule has 3 heterocycles. The fourth-order valence-electron chi connectivity index (χ4n) is 3.95. The molecule has 3 aromatic rings. The van der Waals surface area contributed by atoms with E-state index >= 15 is 0 Å². The minimum atomic E-state index is -0.237. The number of anilines is 1. The van der Waals surface area contributed by atoms with Crippen molar-refractivity contribution in [3.8, 4) is 0 Å². The summed E-state index contributed by atoms with van der Waals surface area (Å²) in [6.45, 7) is 7.61. The summed E-state index contributed by atoms with van der Waals surface area (Å²) in [5.41, 5.74) is 2.82. The number of amides is 1. The highest BCUT2D eigenvalue weighted by Gasteiger charge is 2.30. The van der Waals surface area contributed by atoms with Crippen molar-refractivity contribution in [1.29, 1.82) is 0 Å². The molecule has 4 rings (SSSR count). The van der Waals surface area contributed by atoms with E-state index in [0.29, 0.717) is 30.7 Å². The second-order valence-electron chi connectivity index (χ2n) is 8.07. The van der Waals surface area contributed by atoms with Crippen molar-refractivity contribution < 1.29 is 4.79 Å². The predicted octanol–water partition coefficient (Wildman–Crippen LogP) is 4.65. The van der Waals surface area contributed by atoms with Crippen LogP contribution < -0.4 is 10.2 Å². The number of carbonyl (C=O) groups excluding carboxylic acids is 1. The minimum Gasteiger partial charge on any atom is -0.366 e. The van der Waals surface area contributed by atoms with E-state index in [2.05, 4.69) is 55.2 Å². The molecule has 1 aliphatic rings. The molecule has 2 aromatic heterocycles. The molecular weight excluding hydrogens is 551 g/mol. The second kappa shape index (κ2) is 12.2. The first-order valence-electron chi connectivity index (χ1n) is 10.4. The average Bonchev–Trinajstić information content (AvgIpc) is 3.23. The Kier molecular flexibility index (Phi) is 10.2. The van der Waals surface area contributed by atoms with E-state index in [4.69, 9.17) is 11.6 Å². The van der Waals surface area contributed by atoms with Crippen LogP contribution in [0.2, 0.25) is 5.02 Å². The number of hydrogen-bond donors (Lipinski definition) is 2. The summed E-state index contributed by atoms with van der Waals surface area (Å²) in [6, 6.07) is 7.91. The van der Waals surface area contributed by atoms with Gasteiger partial charge in [-0.15, -0.1) is 24.8 Å². The summed E-state index contributed by atoms with van der Waals surface area (Å²) in [7, 11) is 0. The Morgan fingerprint density at radius 2 is 1.82 bits per heavy atom. The summed E-state index contributed by atoms with van der Waals surface area (Å²) in [5, 5.41) is 12.1. The van der Waals surface area contributed by atoms with Gasteiger partial charge in [-0.2, -0.15) is 5.10 Å². The van der Waals surface area contributed by atoms with E-state index in [1.165, 1.54) is 0 Å². The number of carbonyl (C=O) groups is 1. The van der Waals surface area contributed by atoms with E-state index in [9.17, 15) is 4.79 Å². The Morgan fingerprint density at radius 3 is 2.45 bits per heavy atom. The summed E-state index contributed by atoms with van der Waals surface area (Å²) in [5.74, 6) is -0.0863. The van der Waals surface area contributed by atoms with Gasteiger partial charge in [0.05, 0.1) is 27.7 Å². The van der Waals surface area contributed by atoms with Crippen molar-refractivity contribution in [2.24, 2.45) is 0 Å². The van der Waals surface area contributed by atoms with Gasteiger partial charge in [0.25, 0.3) is 0 Å². The van der Waals surface area contributed by atoms with Gasteiger partial charge in [0, 0.05) is 50.0 Å². The van der Waals surface area contributed by atoms with Crippen LogP contribution in [-0.4, -0.2) is 64.8 Å². The van der Waals surface area contributed by atoms with Crippen molar-refractivity contribution in [3.05, 3.63) is 51.7 Å². The van der Waals surface area contributed by atoms with Gasteiger partial charge >= 0.3 is 0 Å². The number of nitrogens with one attached hydrogen (secondary N) is 2. The number of nitrogens with zero attached hydrogens (tertiary/aromatic N) is 4. The fourth-order valence-corrected chi connectivity index (χ4v) is 4.64. The van der Waals surface area contributed by atoms with Crippen molar-refractivity contribution in [2.75, 3.05) is 37.6 Å². The average molecular weight is 579 g/mol. The Bertz CT molecular complexity index is 1050. The molecule has 180 valence electrons. The largest absolute Gasteiger partial charge is 0.366 e. The van der Waals surface area contributed by atoms with Crippen molar-refractivity contribution in [3.63, 3.8) is 0 Å². The Hall–Kier alpha value is -1.58. The van der Waals surface area contributed by atoms with E-state index < -0.39 is 0 Å². The van der Waals surface area contributed by atoms with E-state index in [1.807, 2.05) is 29.2 Å². The van der Waals surface area contributed by atoms with Gasteiger partial charge in [-0.3, -0.25) is 9.89 Å². The molecule has 7 nitrogen and oxygen atoms in total. The number of pyridine rings is 1. The number of aromatic amines is 1. The summed E-state index contributed by atoms with van der Waals surface area (Å²) < 4.78 is 0.932. The molecule has 0 saturated carbocycles. The van der Waals surface area contributed by atoms with Crippen LogP contribution in [0.5, 0.6) is 0 Å². The molecule has 1 saturated heterocycles. The number of H-pyrrole nitrogens is 1. The predicted molar refractivity (Wildman–Crippen MR) is 142 cm³/mol. The summed E-state index contributed by atoms with van der Waals surface area (Å²) >= 11 is 9.69. The SMILES string of the molecule is CC(C)NCC(C(=O)N1CCN(c2c(Br)cnc3[nH]ncc23)CC1)c1ccc(Cl)cc1.Cl.Cl. The van der Waals surface area contributed by atoms with Crippen molar-refractivity contribution in [2.45, 2.75) is 25.8 Å². The summed E-state index contributed by atoms with van der Waals surface area (Å²) in [6.07, 6.45) is 3.59. The quantitative estimate of drug-likeness (QED) is 0.446. The highest BCUT2D eigenvalue weighted by molar-refractivity contribution is 9.10. The molecule has 1 aliphatic heterocycles. The van der Waals surface area contributed by atoms with Gasteiger partial charge in [-0.1, -0.05) is 37.6 Å². The molecule has 1 atom stereocenters. The third-order valence-corrected chi connectivity index (χ3v) is 6.45. The third-order valence-electron chi connectivity index (χ3n) is 5.62. The van der Waals surface area contributed by atoms with Gasteiger partial charge < -0.3 is 15.1 Å². The number of rotatable bonds is 6. The minimum absolute atomic E-state index is 0.